The van der Waals surface area contributed by atoms with Crippen molar-refractivity contribution in [1.29, 1.82) is 0 Å². The molecule has 0 amide bonds. The molecule has 0 aliphatic rings. The maximum atomic E-state index is 12.2. The molecule has 2 heterocycles. The van der Waals surface area contributed by atoms with Crippen molar-refractivity contribution < 1.29 is 4.21 Å². The Bertz CT molecular complexity index is 664. The summed E-state index contributed by atoms with van der Waals surface area (Å²) in [4.78, 5) is 12.5. The highest BCUT2D eigenvalue weighted by atomic mass is 32.2. The molecule has 1 unspecified atom stereocenters. The molecule has 0 aliphatic carbocycles. The summed E-state index contributed by atoms with van der Waals surface area (Å²) in [6.45, 7) is 0. The van der Waals surface area contributed by atoms with Crippen LogP contribution in [-0.2, 0) is 16.6 Å². The standard InChI is InChI=1S/C12H9N3OS2/c16-18(8-11-13-6-3-7-14-11)12-15-9-4-1-2-5-10(9)17-12/h1-7H,8H2. The number of rotatable bonds is 3. The van der Waals surface area contributed by atoms with E-state index in [1.54, 1.807) is 18.5 Å². The van der Waals surface area contributed by atoms with Gasteiger partial charge in [0.1, 0.15) is 5.82 Å². The Morgan fingerprint density at radius 3 is 2.67 bits per heavy atom. The first-order valence-corrected chi connectivity index (χ1v) is 7.46. The van der Waals surface area contributed by atoms with Crippen molar-refractivity contribution in [3.8, 4) is 0 Å². The fourth-order valence-corrected chi connectivity index (χ4v) is 3.75. The van der Waals surface area contributed by atoms with E-state index < -0.39 is 10.8 Å². The second-order valence-electron chi connectivity index (χ2n) is 3.60. The van der Waals surface area contributed by atoms with E-state index >= 15 is 0 Å². The summed E-state index contributed by atoms with van der Waals surface area (Å²) in [5.41, 5.74) is 0.889. The van der Waals surface area contributed by atoms with Gasteiger partial charge in [-0.3, -0.25) is 4.21 Å². The Morgan fingerprint density at radius 2 is 1.89 bits per heavy atom. The van der Waals surface area contributed by atoms with Gasteiger partial charge in [0.25, 0.3) is 0 Å². The van der Waals surface area contributed by atoms with Gasteiger partial charge >= 0.3 is 0 Å². The first-order valence-electron chi connectivity index (χ1n) is 5.33. The van der Waals surface area contributed by atoms with Crippen molar-refractivity contribution in [2.24, 2.45) is 0 Å². The average molecular weight is 275 g/mol. The van der Waals surface area contributed by atoms with Gasteiger partial charge in [0.05, 0.1) is 26.8 Å². The minimum atomic E-state index is -1.18. The number of benzene rings is 1. The van der Waals surface area contributed by atoms with Gasteiger partial charge in [-0.1, -0.05) is 12.1 Å². The average Bonchev–Trinajstić information content (AvgIpc) is 2.84. The van der Waals surface area contributed by atoms with Crippen LogP contribution in [0.3, 0.4) is 0 Å². The second kappa shape index (κ2) is 4.91. The zero-order valence-corrected chi connectivity index (χ0v) is 10.9. The molecule has 1 atom stereocenters. The van der Waals surface area contributed by atoms with Gasteiger partial charge in [0, 0.05) is 12.4 Å². The Balaban J connectivity index is 1.88. The van der Waals surface area contributed by atoms with Crippen LogP contribution < -0.4 is 0 Å². The second-order valence-corrected chi connectivity index (χ2v) is 6.26. The summed E-state index contributed by atoms with van der Waals surface area (Å²) in [5, 5.41) is 0. The summed E-state index contributed by atoms with van der Waals surface area (Å²) < 4.78 is 13.8. The van der Waals surface area contributed by atoms with Crippen LogP contribution in [0.4, 0.5) is 0 Å². The first kappa shape index (κ1) is 11.4. The third-order valence-corrected chi connectivity index (χ3v) is 4.99. The minimum absolute atomic E-state index is 0.306. The predicted molar refractivity (Wildman–Crippen MR) is 71.8 cm³/mol. The Hall–Kier alpha value is -1.66. The maximum Gasteiger partial charge on any atom is 0.182 e. The van der Waals surface area contributed by atoms with Crippen molar-refractivity contribution >= 4 is 32.4 Å². The Labute approximate surface area is 110 Å². The molecule has 0 radical (unpaired) electrons. The van der Waals surface area contributed by atoms with Crippen LogP contribution in [0, 0.1) is 0 Å². The molecular weight excluding hydrogens is 266 g/mol. The number of hydrogen-bond acceptors (Lipinski definition) is 5. The van der Waals surface area contributed by atoms with Crippen LogP contribution in [0.1, 0.15) is 5.82 Å². The van der Waals surface area contributed by atoms with Crippen LogP contribution in [-0.4, -0.2) is 19.2 Å². The predicted octanol–water partition coefficient (Wildman–Crippen LogP) is 2.39. The van der Waals surface area contributed by atoms with Crippen molar-refractivity contribution in [2.45, 2.75) is 10.1 Å². The van der Waals surface area contributed by atoms with E-state index in [-0.39, 0.29) is 0 Å². The highest BCUT2D eigenvalue weighted by Gasteiger charge is 2.12. The number of fused-ring (bicyclic) bond motifs is 1. The van der Waals surface area contributed by atoms with Gasteiger partial charge in [-0.25, -0.2) is 15.0 Å². The molecule has 6 heteroatoms. The topological polar surface area (TPSA) is 55.7 Å². The quantitative estimate of drug-likeness (QED) is 0.736. The van der Waals surface area contributed by atoms with Crippen LogP contribution in [0.15, 0.2) is 47.1 Å². The van der Waals surface area contributed by atoms with E-state index in [9.17, 15) is 4.21 Å². The SMILES string of the molecule is O=S(Cc1ncccn1)c1nc2ccccc2s1. The molecule has 0 saturated heterocycles. The normalized spacial score (nSPS) is 12.7. The molecule has 2 aromatic heterocycles. The molecule has 0 fully saturated rings. The molecular formula is C12H9N3OS2. The Kier molecular flexibility index (Phi) is 3.12. The molecule has 3 aromatic rings. The van der Waals surface area contributed by atoms with Crippen molar-refractivity contribution in [3.05, 3.63) is 48.5 Å². The van der Waals surface area contributed by atoms with Crippen molar-refractivity contribution in [3.63, 3.8) is 0 Å². The summed E-state index contributed by atoms with van der Waals surface area (Å²) >= 11 is 1.46. The fourth-order valence-electron chi connectivity index (χ4n) is 1.53. The molecule has 4 nitrogen and oxygen atoms in total. The van der Waals surface area contributed by atoms with Gasteiger partial charge in [-0.05, 0) is 18.2 Å². The molecule has 0 saturated carbocycles. The van der Waals surface area contributed by atoms with E-state index in [0.717, 1.165) is 10.2 Å². The smallest absolute Gasteiger partial charge is 0.182 e. The molecule has 1 aromatic carbocycles. The van der Waals surface area contributed by atoms with Crippen LogP contribution in [0.25, 0.3) is 10.2 Å². The summed E-state index contributed by atoms with van der Waals surface area (Å²) in [6, 6.07) is 9.52. The van der Waals surface area contributed by atoms with E-state index in [2.05, 4.69) is 15.0 Å². The molecule has 0 bridgehead atoms. The van der Waals surface area contributed by atoms with Crippen LogP contribution in [0.2, 0.25) is 0 Å². The number of thiazole rings is 1. The third kappa shape index (κ3) is 2.30. The lowest BCUT2D eigenvalue weighted by Gasteiger charge is -1.96. The largest absolute Gasteiger partial charge is 0.251 e. The molecule has 18 heavy (non-hydrogen) atoms. The fraction of sp³-hybridized carbons (Fsp3) is 0.0833. The highest BCUT2D eigenvalue weighted by molar-refractivity contribution is 7.86. The minimum Gasteiger partial charge on any atom is -0.251 e. The molecule has 3 rings (SSSR count). The van der Waals surface area contributed by atoms with Crippen LogP contribution in [0.5, 0.6) is 0 Å². The molecule has 90 valence electrons. The van der Waals surface area contributed by atoms with E-state index in [1.165, 1.54) is 11.3 Å². The van der Waals surface area contributed by atoms with Gasteiger partial charge in [-0.2, -0.15) is 0 Å². The van der Waals surface area contributed by atoms with E-state index in [4.69, 9.17) is 0 Å². The summed E-state index contributed by atoms with van der Waals surface area (Å²) in [6.07, 6.45) is 3.30. The zero-order chi connectivity index (χ0) is 12.4. The van der Waals surface area contributed by atoms with Gasteiger partial charge in [0.2, 0.25) is 0 Å². The molecule has 0 aliphatic heterocycles. The summed E-state index contributed by atoms with van der Waals surface area (Å²) in [7, 11) is -1.18. The van der Waals surface area contributed by atoms with Crippen LogP contribution >= 0.6 is 11.3 Å². The van der Waals surface area contributed by atoms with Crippen molar-refractivity contribution in [1.82, 2.24) is 15.0 Å². The highest BCUT2D eigenvalue weighted by Crippen LogP contribution is 2.24. The third-order valence-electron chi connectivity index (χ3n) is 2.35. The van der Waals surface area contributed by atoms with Gasteiger partial charge < -0.3 is 0 Å². The summed E-state index contributed by atoms with van der Waals surface area (Å²) in [5.74, 6) is 0.885. The molecule has 0 spiro atoms. The maximum absolute atomic E-state index is 12.2. The number of aromatic nitrogens is 3. The lowest BCUT2D eigenvalue weighted by molar-refractivity contribution is 0.681. The number of para-hydroxylation sites is 1. The van der Waals surface area contributed by atoms with Gasteiger partial charge in [0.15, 0.2) is 4.34 Å². The lowest BCUT2D eigenvalue weighted by atomic mass is 10.3. The number of nitrogens with zero attached hydrogens (tertiary/aromatic N) is 3. The Morgan fingerprint density at radius 1 is 1.11 bits per heavy atom. The van der Waals surface area contributed by atoms with E-state index in [1.807, 2.05) is 24.3 Å². The monoisotopic (exact) mass is 275 g/mol. The van der Waals surface area contributed by atoms with Crippen molar-refractivity contribution in [2.75, 3.05) is 0 Å². The zero-order valence-electron chi connectivity index (χ0n) is 9.31. The first-order chi connectivity index (χ1) is 8.83. The van der Waals surface area contributed by atoms with E-state index in [0.29, 0.717) is 15.9 Å². The van der Waals surface area contributed by atoms with Gasteiger partial charge in [-0.15, -0.1) is 11.3 Å². The molecule has 0 N–H and O–H groups in total. The lowest BCUT2D eigenvalue weighted by Crippen LogP contribution is -2.00. The number of hydrogen-bond donors (Lipinski definition) is 0.